The van der Waals surface area contributed by atoms with E-state index in [1.165, 1.54) is 10.8 Å². The zero-order valence-corrected chi connectivity index (χ0v) is 12.9. The number of fused-ring (bicyclic) bond motifs is 2. The van der Waals surface area contributed by atoms with Crippen LogP contribution in [-0.2, 0) is 13.0 Å². The van der Waals surface area contributed by atoms with Crippen LogP contribution in [0.25, 0.3) is 22.2 Å². The number of hydrogen-bond donors (Lipinski definition) is 2. The van der Waals surface area contributed by atoms with Gasteiger partial charge in [0.05, 0.1) is 23.8 Å². The molecule has 1 aliphatic heterocycles. The molecule has 0 spiro atoms. The lowest BCUT2D eigenvalue weighted by Crippen LogP contribution is -2.28. The summed E-state index contributed by atoms with van der Waals surface area (Å²) in [5, 5.41) is 9.93. The molecule has 1 aliphatic rings. The van der Waals surface area contributed by atoms with E-state index < -0.39 is 0 Å². The second-order valence-electron chi connectivity index (χ2n) is 5.98. The Morgan fingerprint density at radius 2 is 2.00 bits per heavy atom. The van der Waals surface area contributed by atoms with Gasteiger partial charge in [0.15, 0.2) is 0 Å². The van der Waals surface area contributed by atoms with Gasteiger partial charge >= 0.3 is 0 Å². The molecule has 0 aliphatic carbocycles. The van der Waals surface area contributed by atoms with Crippen LogP contribution in [-0.4, -0.2) is 20.1 Å². The van der Waals surface area contributed by atoms with E-state index in [2.05, 4.69) is 49.7 Å². The maximum absolute atomic E-state index is 5.50. The van der Waals surface area contributed by atoms with E-state index >= 15 is 0 Å². The molecule has 0 unspecified atom stereocenters. The summed E-state index contributed by atoms with van der Waals surface area (Å²) in [5.74, 6) is 1.22. The smallest absolute Gasteiger partial charge is 0.244 e. The van der Waals surface area contributed by atoms with E-state index in [1.807, 2.05) is 18.2 Å². The Labute approximate surface area is 137 Å². The first kappa shape index (κ1) is 13.4. The number of nitrogens with one attached hydrogen (secondary N) is 2. The number of H-pyrrole nitrogens is 1. The minimum absolute atomic E-state index is 0.00232. The summed E-state index contributed by atoms with van der Waals surface area (Å²) < 4.78 is 5.50. The largest absolute Gasteiger partial charge is 0.347 e. The van der Waals surface area contributed by atoms with E-state index in [1.54, 1.807) is 6.33 Å². The topological polar surface area (TPSA) is 79.6 Å². The van der Waals surface area contributed by atoms with Crippen molar-refractivity contribution in [3.63, 3.8) is 0 Å². The Morgan fingerprint density at radius 1 is 1.08 bits per heavy atom. The second-order valence-corrected chi connectivity index (χ2v) is 5.98. The van der Waals surface area contributed by atoms with Crippen molar-refractivity contribution in [2.45, 2.75) is 19.0 Å². The molecule has 0 bridgehead atoms. The summed E-state index contributed by atoms with van der Waals surface area (Å²) in [6, 6.07) is 14.4. The van der Waals surface area contributed by atoms with Gasteiger partial charge in [0, 0.05) is 18.5 Å². The number of nitrogens with zero attached hydrogens (tertiary/aromatic N) is 3. The first-order valence-corrected chi connectivity index (χ1v) is 7.94. The number of imidazole rings is 1. The van der Waals surface area contributed by atoms with E-state index in [0.717, 1.165) is 29.9 Å². The monoisotopic (exact) mass is 317 g/mol. The number of aromatic amines is 1. The normalized spacial score (nSPS) is 17.1. The maximum atomic E-state index is 5.50. The van der Waals surface area contributed by atoms with Gasteiger partial charge in [-0.05, 0) is 16.8 Å². The summed E-state index contributed by atoms with van der Waals surface area (Å²) in [7, 11) is 0. The molecule has 6 heteroatoms. The van der Waals surface area contributed by atoms with Crippen molar-refractivity contribution in [1.82, 2.24) is 25.4 Å². The number of benzene rings is 2. The Hall–Kier alpha value is -2.99. The molecule has 24 heavy (non-hydrogen) atoms. The first-order valence-electron chi connectivity index (χ1n) is 7.94. The fourth-order valence-electron chi connectivity index (χ4n) is 3.17. The van der Waals surface area contributed by atoms with Gasteiger partial charge in [0.2, 0.25) is 11.7 Å². The van der Waals surface area contributed by atoms with E-state index in [4.69, 9.17) is 4.52 Å². The molecule has 0 radical (unpaired) electrons. The Morgan fingerprint density at radius 3 is 2.96 bits per heavy atom. The van der Waals surface area contributed by atoms with Gasteiger partial charge in [-0.1, -0.05) is 41.6 Å². The van der Waals surface area contributed by atoms with Crippen molar-refractivity contribution in [2.24, 2.45) is 0 Å². The number of rotatable bonds is 2. The van der Waals surface area contributed by atoms with E-state index in [-0.39, 0.29) is 6.04 Å². The molecule has 1 atom stereocenters. The first-order chi connectivity index (χ1) is 11.9. The highest BCUT2D eigenvalue weighted by molar-refractivity contribution is 5.86. The molecule has 2 aromatic carbocycles. The van der Waals surface area contributed by atoms with Gasteiger partial charge in [-0.2, -0.15) is 4.98 Å². The highest BCUT2D eigenvalue weighted by Gasteiger charge is 2.26. The zero-order chi connectivity index (χ0) is 15.9. The van der Waals surface area contributed by atoms with Gasteiger partial charge < -0.3 is 9.51 Å². The van der Waals surface area contributed by atoms with E-state index in [9.17, 15) is 0 Å². The minimum Gasteiger partial charge on any atom is -0.347 e. The number of hydrogen-bond acceptors (Lipinski definition) is 5. The third kappa shape index (κ3) is 2.19. The molecule has 5 rings (SSSR count). The SMILES string of the molecule is c1ccc2cc(-c3noc([C@@H]4Cc5nc[nH]c5CN4)n3)ccc2c1. The van der Waals surface area contributed by atoms with Crippen LogP contribution < -0.4 is 5.32 Å². The Kier molecular flexibility index (Phi) is 2.96. The second kappa shape index (κ2) is 5.28. The quantitative estimate of drug-likeness (QED) is 0.594. The van der Waals surface area contributed by atoms with Gasteiger partial charge in [-0.25, -0.2) is 4.98 Å². The van der Waals surface area contributed by atoms with Crippen LogP contribution >= 0.6 is 0 Å². The molecule has 0 fully saturated rings. The van der Waals surface area contributed by atoms with Crippen LogP contribution in [0, 0.1) is 0 Å². The number of aromatic nitrogens is 4. The average molecular weight is 317 g/mol. The Balaban J connectivity index is 1.46. The molecule has 3 heterocycles. The molecule has 4 aromatic rings. The summed E-state index contributed by atoms with van der Waals surface area (Å²) in [6.45, 7) is 0.730. The van der Waals surface area contributed by atoms with Crippen molar-refractivity contribution in [2.75, 3.05) is 0 Å². The molecule has 0 saturated carbocycles. The fourth-order valence-corrected chi connectivity index (χ4v) is 3.17. The van der Waals surface area contributed by atoms with Gasteiger partial charge in [0.25, 0.3) is 0 Å². The van der Waals surface area contributed by atoms with E-state index in [0.29, 0.717) is 11.7 Å². The highest BCUT2D eigenvalue weighted by Crippen LogP contribution is 2.26. The highest BCUT2D eigenvalue weighted by atomic mass is 16.5. The molecule has 2 N–H and O–H groups in total. The lowest BCUT2D eigenvalue weighted by atomic mass is 10.1. The van der Waals surface area contributed by atoms with Crippen molar-refractivity contribution in [3.05, 3.63) is 66.1 Å². The van der Waals surface area contributed by atoms with Crippen molar-refractivity contribution in [3.8, 4) is 11.4 Å². The Bertz CT molecular complexity index is 1020. The van der Waals surface area contributed by atoms with Gasteiger partial charge in [-0.3, -0.25) is 5.32 Å². The van der Waals surface area contributed by atoms with Crippen LogP contribution in [0.5, 0.6) is 0 Å². The molecular formula is C18H15N5O. The van der Waals surface area contributed by atoms with Gasteiger partial charge in [0.1, 0.15) is 0 Å². The van der Waals surface area contributed by atoms with Crippen LogP contribution in [0.4, 0.5) is 0 Å². The standard InChI is InChI=1S/C18H15N5O/c1-2-4-12-7-13(6-5-11(12)3-1)17-22-18(24-23-17)15-8-14-16(9-19-15)21-10-20-14/h1-7,10,15,19H,8-9H2,(H,20,21)/t15-/m0/s1. The average Bonchev–Trinajstić information content (AvgIpc) is 3.30. The lowest BCUT2D eigenvalue weighted by Gasteiger charge is -2.19. The summed E-state index contributed by atoms with van der Waals surface area (Å²) >= 11 is 0. The summed E-state index contributed by atoms with van der Waals surface area (Å²) in [6.07, 6.45) is 2.47. The van der Waals surface area contributed by atoms with Crippen LogP contribution in [0.15, 0.2) is 53.3 Å². The zero-order valence-electron chi connectivity index (χ0n) is 12.9. The lowest BCUT2D eigenvalue weighted by molar-refractivity contribution is 0.319. The molecule has 0 amide bonds. The van der Waals surface area contributed by atoms with Gasteiger partial charge in [-0.15, -0.1) is 0 Å². The molecule has 0 saturated heterocycles. The maximum Gasteiger partial charge on any atom is 0.244 e. The molecular weight excluding hydrogens is 302 g/mol. The molecule has 2 aromatic heterocycles. The third-order valence-electron chi connectivity index (χ3n) is 4.48. The summed E-state index contributed by atoms with van der Waals surface area (Å²) in [5.41, 5.74) is 3.14. The minimum atomic E-state index is 0.00232. The van der Waals surface area contributed by atoms with Crippen LogP contribution in [0.2, 0.25) is 0 Å². The van der Waals surface area contributed by atoms with Crippen molar-refractivity contribution >= 4 is 10.8 Å². The fraction of sp³-hybridized carbons (Fsp3) is 0.167. The molecule has 6 nitrogen and oxygen atoms in total. The summed E-state index contributed by atoms with van der Waals surface area (Å²) in [4.78, 5) is 12.1. The van der Waals surface area contributed by atoms with Crippen LogP contribution in [0.1, 0.15) is 23.3 Å². The molecule has 118 valence electrons. The predicted octanol–water partition coefficient (Wildman–Crippen LogP) is 3.00. The van der Waals surface area contributed by atoms with Crippen molar-refractivity contribution in [1.29, 1.82) is 0 Å². The third-order valence-corrected chi connectivity index (χ3v) is 4.48. The van der Waals surface area contributed by atoms with Crippen LogP contribution in [0.3, 0.4) is 0 Å². The van der Waals surface area contributed by atoms with Crippen molar-refractivity contribution < 1.29 is 4.52 Å². The predicted molar refractivity (Wildman–Crippen MR) is 89.1 cm³/mol.